The highest BCUT2D eigenvalue weighted by atomic mass is 16.6. The summed E-state index contributed by atoms with van der Waals surface area (Å²) < 4.78 is 5.30. The van der Waals surface area contributed by atoms with Crippen molar-refractivity contribution in [1.29, 1.82) is 0 Å². The lowest BCUT2D eigenvalue weighted by molar-refractivity contribution is -0.148. The highest BCUT2D eigenvalue weighted by Crippen LogP contribution is 2.34. The molecule has 1 aliphatic carbocycles. The Labute approximate surface area is 203 Å². The van der Waals surface area contributed by atoms with Crippen molar-refractivity contribution < 1.29 is 24.2 Å². The minimum absolute atomic E-state index is 0.0313. The van der Waals surface area contributed by atoms with Crippen molar-refractivity contribution in [2.45, 2.75) is 110 Å². The number of phenolic OH excluding ortho intramolecular Hbond substituents is 1. The predicted octanol–water partition coefficient (Wildman–Crippen LogP) is 4.42. The van der Waals surface area contributed by atoms with Crippen LogP contribution < -0.4 is 10.6 Å². The van der Waals surface area contributed by atoms with Gasteiger partial charge in [0, 0.05) is 17.1 Å². The maximum absolute atomic E-state index is 13.7. The molecule has 2 atom stereocenters. The molecule has 2 rings (SSSR count). The van der Waals surface area contributed by atoms with E-state index in [0.717, 1.165) is 32.1 Å². The summed E-state index contributed by atoms with van der Waals surface area (Å²) >= 11 is 0. The number of rotatable bonds is 6. The normalized spacial score (nSPS) is 16.8. The first kappa shape index (κ1) is 27.5. The number of benzene rings is 1. The van der Waals surface area contributed by atoms with Gasteiger partial charge in [0.2, 0.25) is 11.8 Å². The monoisotopic (exact) mass is 475 g/mol. The van der Waals surface area contributed by atoms with Gasteiger partial charge in [0.05, 0.1) is 0 Å². The summed E-state index contributed by atoms with van der Waals surface area (Å²) in [6.45, 7) is 12.3. The number of ether oxygens (including phenoxy) is 1. The molecule has 190 valence electrons. The van der Waals surface area contributed by atoms with E-state index in [4.69, 9.17) is 4.74 Å². The van der Waals surface area contributed by atoms with E-state index in [9.17, 15) is 19.5 Å². The molecule has 1 aromatic rings. The second-order valence-electron chi connectivity index (χ2n) is 11.1. The van der Waals surface area contributed by atoms with Gasteiger partial charge in [-0.2, -0.15) is 0 Å². The van der Waals surface area contributed by atoms with E-state index in [2.05, 4.69) is 10.6 Å². The molecule has 8 nitrogen and oxygen atoms in total. The number of amides is 3. The number of nitrogens with one attached hydrogen (secondary N) is 2. The van der Waals surface area contributed by atoms with Gasteiger partial charge in [-0.3, -0.25) is 9.59 Å². The van der Waals surface area contributed by atoms with Crippen LogP contribution in [0.3, 0.4) is 0 Å². The predicted molar refractivity (Wildman–Crippen MR) is 131 cm³/mol. The number of carbonyl (C=O) groups is 3. The zero-order valence-electron chi connectivity index (χ0n) is 21.6. The third-order valence-electron chi connectivity index (χ3n) is 5.75. The maximum Gasteiger partial charge on any atom is 0.408 e. The van der Waals surface area contributed by atoms with Gasteiger partial charge in [-0.15, -0.1) is 0 Å². The Morgan fingerprint density at radius 2 is 1.62 bits per heavy atom. The van der Waals surface area contributed by atoms with Crippen LogP contribution in [0, 0.1) is 0 Å². The molecule has 0 spiro atoms. The summed E-state index contributed by atoms with van der Waals surface area (Å²) in [7, 11) is 0. The minimum atomic E-state index is -1.07. The Bertz CT molecular complexity index is 866. The van der Waals surface area contributed by atoms with E-state index in [1.165, 1.54) is 11.0 Å². The summed E-state index contributed by atoms with van der Waals surface area (Å²) in [5.74, 6) is -0.868. The SMILES string of the molecule is CC(NC(=O)OC(C)(C)C)C(=O)N(C(C(=O)NC1CCCCC1)c1ccccc1O)C(C)(C)C. The summed E-state index contributed by atoms with van der Waals surface area (Å²) in [5.41, 5.74) is -1.17. The van der Waals surface area contributed by atoms with Crippen LogP contribution in [0.4, 0.5) is 4.79 Å². The zero-order chi connectivity index (χ0) is 25.7. The van der Waals surface area contributed by atoms with Crippen molar-refractivity contribution in [3.8, 4) is 5.75 Å². The van der Waals surface area contributed by atoms with Crippen molar-refractivity contribution >= 4 is 17.9 Å². The van der Waals surface area contributed by atoms with Crippen molar-refractivity contribution in [2.75, 3.05) is 0 Å². The number of para-hydroxylation sites is 1. The maximum atomic E-state index is 13.7. The molecule has 34 heavy (non-hydrogen) atoms. The Kier molecular flexibility index (Phi) is 8.97. The van der Waals surface area contributed by atoms with Crippen LogP contribution in [-0.2, 0) is 14.3 Å². The highest BCUT2D eigenvalue weighted by Gasteiger charge is 2.42. The second-order valence-corrected chi connectivity index (χ2v) is 11.1. The van der Waals surface area contributed by atoms with E-state index < -0.39 is 35.2 Å². The van der Waals surface area contributed by atoms with Crippen molar-refractivity contribution in [3.63, 3.8) is 0 Å². The largest absolute Gasteiger partial charge is 0.508 e. The molecule has 1 saturated carbocycles. The average Bonchev–Trinajstić information content (AvgIpc) is 2.70. The third kappa shape index (κ3) is 7.64. The summed E-state index contributed by atoms with van der Waals surface area (Å²) in [6.07, 6.45) is 4.30. The van der Waals surface area contributed by atoms with E-state index in [1.54, 1.807) is 45.9 Å². The molecule has 2 unspecified atom stereocenters. The van der Waals surface area contributed by atoms with Gasteiger partial charge >= 0.3 is 6.09 Å². The summed E-state index contributed by atoms with van der Waals surface area (Å²) in [6, 6.07) is 4.56. The van der Waals surface area contributed by atoms with Crippen LogP contribution in [0.15, 0.2) is 24.3 Å². The molecule has 0 aromatic heterocycles. The molecule has 0 heterocycles. The van der Waals surface area contributed by atoms with Gasteiger partial charge in [-0.1, -0.05) is 37.5 Å². The van der Waals surface area contributed by atoms with Gasteiger partial charge in [-0.05, 0) is 67.4 Å². The standard InChI is InChI=1S/C26H41N3O5/c1-17(27-24(33)34-26(5,6)7)23(32)29(25(2,3)4)21(19-15-11-12-16-20(19)30)22(31)28-18-13-9-8-10-14-18/h11-12,15-18,21,30H,8-10,13-14H2,1-7H3,(H,27,33)(H,28,31). The molecule has 0 bridgehead atoms. The van der Waals surface area contributed by atoms with Gasteiger partial charge in [0.15, 0.2) is 0 Å². The van der Waals surface area contributed by atoms with Crippen molar-refractivity contribution in [1.82, 2.24) is 15.5 Å². The van der Waals surface area contributed by atoms with Crippen molar-refractivity contribution in [3.05, 3.63) is 29.8 Å². The first-order chi connectivity index (χ1) is 15.7. The smallest absolute Gasteiger partial charge is 0.408 e. The molecule has 1 aliphatic rings. The fraction of sp³-hybridized carbons (Fsp3) is 0.654. The number of nitrogens with zero attached hydrogens (tertiary/aromatic N) is 1. The molecule has 3 amide bonds. The van der Waals surface area contributed by atoms with Gasteiger partial charge in [-0.25, -0.2) is 4.79 Å². The fourth-order valence-corrected chi connectivity index (χ4v) is 4.24. The molecule has 1 aromatic carbocycles. The lowest BCUT2D eigenvalue weighted by Crippen LogP contribution is -2.58. The zero-order valence-corrected chi connectivity index (χ0v) is 21.6. The van der Waals surface area contributed by atoms with Crippen LogP contribution in [0.2, 0.25) is 0 Å². The number of alkyl carbamates (subject to hydrolysis) is 1. The minimum Gasteiger partial charge on any atom is -0.508 e. The van der Waals surface area contributed by atoms with E-state index in [1.807, 2.05) is 20.8 Å². The van der Waals surface area contributed by atoms with Gasteiger partial charge in [0.1, 0.15) is 23.4 Å². The number of hydrogen-bond acceptors (Lipinski definition) is 5. The van der Waals surface area contributed by atoms with Crippen LogP contribution in [0.5, 0.6) is 5.75 Å². The first-order valence-corrected chi connectivity index (χ1v) is 12.1. The third-order valence-corrected chi connectivity index (χ3v) is 5.75. The average molecular weight is 476 g/mol. The first-order valence-electron chi connectivity index (χ1n) is 12.1. The van der Waals surface area contributed by atoms with Crippen LogP contribution in [0.25, 0.3) is 0 Å². The Morgan fingerprint density at radius 1 is 1.03 bits per heavy atom. The van der Waals surface area contributed by atoms with E-state index in [0.29, 0.717) is 5.56 Å². The molecular weight excluding hydrogens is 434 g/mol. The van der Waals surface area contributed by atoms with Crippen LogP contribution in [0.1, 0.15) is 92.2 Å². The topological polar surface area (TPSA) is 108 Å². The van der Waals surface area contributed by atoms with Crippen LogP contribution >= 0.6 is 0 Å². The lowest BCUT2D eigenvalue weighted by Gasteiger charge is -2.43. The molecule has 8 heteroatoms. The highest BCUT2D eigenvalue weighted by molar-refractivity contribution is 5.93. The summed E-state index contributed by atoms with van der Waals surface area (Å²) in [4.78, 5) is 41.1. The molecule has 1 fully saturated rings. The Hall–Kier alpha value is -2.77. The molecule has 0 radical (unpaired) electrons. The summed E-state index contributed by atoms with van der Waals surface area (Å²) in [5, 5.41) is 16.3. The second kappa shape index (κ2) is 11.1. The lowest BCUT2D eigenvalue weighted by atomic mass is 9.92. The number of hydrogen-bond donors (Lipinski definition) is 3. The van der Waals surface area contributed by atoms with Gasteiger partial charge in [0.25, 0.3) is 0 Å². The number of carbonyl (C=O) groups excluding carboxylic acids is 3. The molecule has 0 saturated heterocycles. The fourth-order valence-electron chi connectivity index (χ4n) is 4.24. The van der Waals surface area contributed by atoms with E-state index in [-0.39, 0.29) is 17.7 Å². The van der Waals surface area contributed by atoms with Crippen molar-refractivity contribution in [2.24, 2.45) is 0 Å². The van der Waals surface area contributed by atoms with E-state index >= 15 is 0 Å². The van der Waals surface area contributed by atoms with Crippen LogP contribution in [-0.4, -0.2) is 51.1 Å². The molecular formula is C26H41N3O5. The van der Waals surface area contributed by atoms with Gasteiger partial charge < -0.3 is 25.4 Å². The molecule has 0 aliphatic heterocycles. The Morgan fingerprint density at radius 3 is 2.15 bits per heavy atom. The molecule has 3 N–H and O–H groups in total. The number of aromatic hydroxyl groups is 1. The Balaban J connectivity index is 2.41. The number of phenols is 1. The quantitative estimate of drug-likeness (QED) is 0.564.